The largest absolute Gasteiger partial charge is 0.494 e. The van der Waals surface area contributed by atoms with Crippen molar-refractivity contribution in [2.45, 2.75) is 19.8 Å². The molecule has 1 heterocycles. The van der Waals surface area contributed by atoms with Crippen LogP contribution in [0.3, 0.4) is 0 Å². The highest BCUT2D eigenvalue weighted by molar-refractivity contribution is 5.48. The van der Waals surface area contributed by atoms with Crippen LogP contribution in [0.2, 0.25) is 0 Å². The van der Waals surface area contributed by atoms with Gasteiger partial charge >= 0.3 is 0 Å². The Morgan fingerprint density at radius 1 is 1.33 bits per heavy atom. The lowest BCUT2D eigenvalue weighted by Crippen LogP contribution is -2.21. The lowest BCUT2D eigenvalue weighted by molar-refractivity contribution is 0.340. The Kier molecular flexibility index (Phi) is 4.88. The van der Waals surface area contributed by atoms with Gasteiger partial charge in [0.1, 0.15) is 5.75 Å². The van der Waals surface area contributed by atoms with Gasteiger partial charge in [-0.15, -0.1) is 0 Å². The second-order valence-corrected chi connectivity index (χ2v) is 5.00. The molecular formula is C15H24N2O. The van der Waals surface area contributed by atoms with E-state index >= 15 is 0 Å². The van der Waals surface area contributed by atoms with E-state index in [9.17, 15) is 0 Å². The molecule has 2 rings (SSSR count). The minimum Gasteiger partial charge on any atom is -0.494 e. The van der Waals surface area contributed by atoms with Crippen LogP contribution in [0.5, 0.6) is 5.75 Å². The van der Waals surface area contributed by atoms with Gasteiger partial charge in [0, 0.05) is 19.3 Å². The molecule has 0 bridgehead atoms. The van der Waals surface area contributed by atoms with Gasteiger partial charge < -0.3 is 15.0 Å². The van der Waals surface area contributed by atoms with Crippen molar-refractivity contribution in [2.24, 2.45) is 5.92 Å². The zero-order chi connectivity index (χ0) is 12.8. The Balaban J connectivity index is 1.81. The van der Waals surface area contributed by atoms with E-state index in [-0.39, 0.29) is 0 Å². The van der Waals surface area contributed by atoms with Gasteiger partial charge in [-0.25, -0.2) is 0 Å². The first-order valence-corrected chi connectivity index (χ1v) is 6.94. The van der Waals surface area contributed by atoms with E-state index in [4.69, 9.17) is 4.74 Å². The van der Waals surface area contributed by atoms with Crippen LogP contribution < -0.4 is 15.0 Å². The van der Waals surface area contributed by atoms with Crippen molar-refractivity contribution in [3.05, 3.63) is 24.3 Å². The molecule has 1 aliphatic heterocycles. The Hall–Kier alpha value is -1.22. The molecule has 0 saturated carbocycles. The predicted octanol–water partition coefficient (Wildman–Crippen LogP) is 2.52. The number of anilines is 1. The number of hydrogen-bond donors (Lipinski definition) is 1. The third kappa shape index (κ3) is 3.64. The van der Waals surface area contributed by atoms with Crippen LogP contribution >= 0.6 is 0 Å². The Morgan fingerprint density at radius 3 is 2.72 bits per heavy atom. The lowest BCUT2D eigenvalue weighted by atomic mass is 10.0. The molecule has 1 saturated heterocycles. The molecule has 0 spiro atoms. The monoisotopic (exact) mass is 248 g/mol. The fraction of sp³-hybridized carbons (Fsp3) is 0.600. The third-order valence-electron chi connectivity index (χ3n) is 3.62. The molecule has 1 unspecified atom stereocenters. The summed E-state index contributed by atoms with van der Waals surface area (Å²) < 4.78 is 5.46. The third-order valence-corrected chi connectivity index (χ3v) is 3.62. The van der Waals surface area contributed by atoms with E-state index in [2.05, 4.69) is 29.4 Å². The Bertz CT molecular complexity index is 344. The maximum atomic E-state index is 5.46. The van der Waals surface area contributed by atoms with Crippen molar-refractivity contribution in [3.8, 4) is 5.75 Å². The standard InChI is InChI=1S/C15H24N2O/c1-3-18-15-6-4-14(5-7-15)17(2)11-9-13-8-10-16-12-13/h4-7,13,16H,3,8-12H2,1-2H3. The quantitative estimate of drug-likeness (QED) is 0.837. The zero-order valence-electron chi connectivity index (χ0n) is 11.5. The molecule has 0 aromatic heterocycles. The van der Waals surface area contributed by atoms with Gasteiger partial charge in [0.05, 0.1) is 6.61 Å². The first-order valence-electron chi connectivity index (χ1n) is 6.94. The van der Waals surface area contributed by atoms with Gasteiger partial charge in [0.2, 0.25) is 0 Å². The van der Waals surface area contributed by atoms with E-state index in [0.717, 1.165) is 24.8 Å². The van der Waals surface area contributed by atoms with Crippen molar-refractivity contribution in [1.82, 2.24) is 5.32 Å². The number of nitrogens with zero attached hydrogens (tertiary/aromatic N) is 1. The highest BCUT2D eigenvalue weighted by Gasteiger charge is 2.14. The summed E-state index contributed by atoms with van der Waals surface area (Å²) >= 11 is 0. The number of nitrogens with one attached hydrogen (secondary N) is 1. The fourth-order valence-electron chi connectivity index (χ4n) is 2.43. The van der Waals surface area contributed by atoms with Crippen molar-refractivity contribution in [2.75, 3.05) is 38.2 Å². The summed E-state index contributed by atoms with van der Waals surface area (Å²) in [7, 11) is 2.16. The van der Waals surface area contributed by atoms with E-state index in [1.165, 1.54) is 31.6 Å². The van der Waals surface area contributed by atoms with E-state index < -0.39 is 0 Å². The molecular weight excluding hydrogens is 224 g/mol. The van der Waals surface area contributed by atoms with Crippen molar-refractivity contribution >= 4 is 5.69 Å². The molecule has 100 valence electrons. The summed E-state index contributed by atoms with van der Waals surface area (Å²) in [4.78, 5) is 2.33. The van der Waals surface area contributed by atoms with Crippen LogP contribution in [0.4, 0.5) is 5.69 Å². The summed E-state index contributed by atoms with van der Waals surface area (Å²) in [6.07, 6.45) is 2.60. The second-order valence-electron chi connectivity index (χ2n) is 5.00. The minimum atomic E-state index is 0.726. The van der Waals surface area contributed by atoms with Crippen molar-refractivity contribution in [1.29, 1.82) is 0 Å². The summed E-state index contributed by atoms with van der Waals surface area (Å²) in [5.41, 5.74) is 1.27. The Morgan fingerprint density at radius 2 is 2.11 bits per heavy atom. The smallest absolute Gasteiger partial charge is 0.119 e. The molecule has 1 atom stereocenters. The highest BCUT2D eigenvalue weighted by atomic mass is 16.5. The summed E-state index contributed by atoms with van der Waals surface area (Å²) in [6, 6.07) is 8.37. The topological polar surface area (TPSA) is 24.5 Å². The molecule has 0 aliphatic carbocycles. The molecule has 3 nitrogen and oxygen atoms in total. The maximum Gasteiger partial charge on any atom is 0.119 e. The van der Waals surface area contributed by atoms with Crippen LogP contribution in [0.1, 0.15) is 19.8 Å². The van der Waals surface area contributed by atoms with Gasteiger partial charge in [0.25, 0.3) is 0 Å². The summed E-state index contributed by atoms with van der Waals surface area (Å²) in [5.74, 6) is 1.81. The SMILES string of the molecule is CCOc1ccc(N(C)CCC2CCNC2)cc1. The van der Waals surface area contributed by atoms with Gasteiger partial charge in [0.15, 0.2) is 0 Å². The molecule has 0 amide bonds. The second kappa shape index (κ2) is 6.64. The number of hydrogen-bond acceptors (Lipinski definition) is 3. The summed E-state index contributed by atoms with van der Waals surface area (Å²) in [5, 5.41) is 3.42. The average molecular weight is 248 g/mol. The lowest BCUT2D eigenvalue weighted by Gasteiger charge is -2.21. The molecule has 3 heteroatoms. The van der Waals surface area contributed by atoms with Crippen molar-refractivity contribution < 1.29 is 4.74 Å². The molecule has 0 radical (unpaired) electrons. The van der Waals surface area contributed by atoms with Crippen LogP contribution in [0, 0.1) is 5.92 Å². The van der Waals surface area contributed by atoms with Gasteiger partial charge in [-0.05, 0) is 63.0 Å². The highest BCUT2D eigenvalue weighted by Crippen LogP contribution is 2.20. The van der Waals surface area contributed by atoms with Crippen LogP contribution in [0.15, 0.2) is 24.3 Å². The van der Waals surface area contributed by atoms with Gasteiger partial charge in [-0.3, -0.25) is 0 Å². The van der Waals surface area contributed by atoms with Crippen LogP contribution in [0.25, 0.3) is 0 Å². The number of rotatable bonds is 6. The average Bonchev–Trinajstić information content (AvgIpc) is 2.90. The maximum absolute atomic E-state index is 5.46. The zero-order valence-corrected chi connectivity index (χ0v) is 11.5. The molecule has 1 N–H and O–H groups in total. The normalized spacial score (nSPS) is 18.9. The molecule has 1 fully saturated rings. The van der Waals surface area contributed by atoms with Gasteiger partial charge in [-0.2, -0.15) is 0 Å². The van der Waals surface area contributed by atoms with Crippen molar-refractivity contribution in [3.63, 3.8) is 0 Å². The fourth-order valence-corrected chi connectivity index (χ4v) is 2.43. The minimum absolute atomic E-state index is 0.726. The number of benzene rings is 1. The van der Waals surface area contributed by atoms with E-state index in [0.29, 0.717) is 0 Å². The van der Waals surface area contributed by atoms with Gasteiger partial charge in [-0.1, -0.05) is 0 Å². The number of ether oxygens (including phenoxy) is 1. The van der Waals surface area contributed by atoms with Crippen LogP contribution in [-0.2, 0) is 0 Å². The first-order chi connectivity index (χ1) is 8.79. The van der Waals surface area contributed by atoms with Crippen LogP contribution in [-0.4, -0.2) is 33.3 Å². The molecule has 1 aromatic carbocycles. The first kappa shape index (κ1) is 13.2. The predicted molar refractivity (Wildman–Crippen MR) is 76.5 cm³/mol. The molecule has 1 aromatic rings. The molecule has 18 heavy (non-hydrogen) atoms. The van der Waals surface area contributed by atoms with E-state index in [1.54, 1.807) is 0 Å². The van der Waals surface area contributed by atoms with E-state index in [1.807, 2.05) is 19.1 Å². The molecule has 1 aliphatic rings. The Labute approximate surface area is 110 Å². The summed E-state index contributed by atoms with van der Waals surface area (Å²) in [6.45, 7) is 6.24.